The van der Waals surface area contributed by atoms with E-state index in [0.29, 0.717) is 0 Å². The highest BCUT2D eigenvalue weighted by molar-refractivity contribution is 7.89. The summed E-state index contributed by atoms with van der Waals surface area (Å²) in [6, 6.07) is 2.75. The first-order valence-electron chi connectivity index (χ1n) is 4.71. The van der Waals surface area contributed by atoms with Gasteiger partial charge in [-0.3, -0.25) is 0 Å². The lowest BCUT2D eigenvalue weighted by Crippen LogP contribution is -2.22. The fourth-order valence-corrected chi connectivity index (χ4v) is 1.80. The summed E-state index contributed by atoms with van der Waals surface area (Å²) in [5.74, 6) is -0.343. The maximum atomic E-state index is 12.3. The Morgan fingerprint density at radius 3 is 2.39 bits per heavy atom. The van der Waals surface area contributed by atoms with E-state index in [1.807, 2.05) is 0 Å². The summed E-state index contributed by atoms with van der Waals surface area (Å²) < 4.78 is 58.3. The number of nitrogens with two attached hydrogens (primary N) is 1. The molecule has 0 heterocycles. The van der Waals surface area contributed by atoms with E-state index in [1.165, 1.54) is 0 Å². The van der Waals surface area contributed by atoms with Gasteiger partial charge in [-0.2, -0.15) is 13.2 Å². The maximum Gasteiger partial charge on any atom is 0.416 e. The van der Waals surface area contributed by atoms with Crippen molar-refractivity contribution < 1.29 is 21.6 Å². The number of hydrogen-bond donors (Lipinski definition) is 2. The van der Waals surface area contributed by atoms with Gasteiger partial charge >= 0.3 is 6.18 Å². The molecule has 0 saturated heterocycles. The molecule has 0 saturated carbocycles. The van der Waals surface area contributed by atoms with Crippen LogP contribution in [-0.2, 0) is 16.2 Å². The fraction of sp³-hybridized carbons (Fsp3) is 0.333. The number of alkyl halides is 3. The molecule has 18 heavy (non-hydrogen) atoms. The van der Waals surface area contributed by atoms with Gasteiger partial charge in [0.25, 0.3) is 0 Å². The van der Waals surface area contributed by atoms with Crippen molar-refractivity contribution in [3.05, 3.63) is 28.8 Å². The molecule has 102 valence electrons. The van der Waals surface area contributed by atoms with Gasteiger partial charge in [0.05, 0.1) is 22.0 Å². The quantitative estimate of drug-likeness (QED) is 0.894. The molecular formula is C9H10ClF3N2O2S. The Morgan fingerprint density at radius 2 is 1.94 bits per heavy atom. The summed E-state index contributed by atoms with van der Waals surface area (Å²) in [4.78, 5) is 0. The predicted molar refractivity (Wildman–Crippen MR) is 62.9 cm³/mol. The van der Waals surface area contributed by atoms with Gasteiger partial charge in [0.1, 0.15) is 0 Å². The summed E-state index contributed by atoms with van der Waals surface area (Å²) >= 11 is 5.64. The molecule has 4 nitrogen and oxygen atoms in total. The zero-order valence-electron chi connectivity index (χ0n) is 8.96. The minimum absolute atomic E-state index is 0.0378. The summed E-state index contributed by atoms with van der Waals surface area (Å²) in [5.41, 5.74) is -0.655. The molecule has 1 rings (SSSR count). The molecular weight excluding hydrogens is 293 g/mol. The highest BCUT2D eigenvalue weighted by Gasteiger charge is 2.30. The lowest BCUT2D eigenvalue weighted by Gasteiger charge is -2.11. The van der Waals surface area contributed by atoms with Crippen molar-refractivity contribution in [3.8, 4) is 0 Å². The SMILES string of the molecule is NS(=O)(=O)CCNc1ccc(C(F)(F)F)cc1Cl. The van der Waals surface area contributed by atoms with E-state index < -0.39 is 21.8 Å². The normalized spacial score (nSPS) is 12.5. The van der Waals surface area contributed by atoms with Gasteiger partial charge in [0, 0.05) is 6.54 Å². The van der Waals surface area contributed by atoms with E-state index in [9.17, 15) is 21.6 Å². The molecule has 0 fully saturated rings. The Balaban J connectivity index is 2.75. The van der Waals surface area contributed by atoms with Crippen LogP contribution in [0.5, 0.6) is 0 Å². The average Bonchev–Trinajstić information content (AvgIpc) is 2.17. The second-order valence-electron chi connectivity index (χ2n) is 3.49. The monoisotopic (exact) mass is 302 g/mol. The fourth-order valence-electron chi connectivity index (χ4n) is 1.16. The highest BCUT2D eigenvalue weighted by atomic mass is 35.5. The largest absolute Gasteiger partial charge is 0.416 e. The second kappa shape index (κ2) is 5.33. The third-order valence-corrected chi connectivity index (χ3v) is 3.08. The zero-order valence-corrected chi connectivity index (χ0v) is 10.5. The lowest BCUT2D eigenvalue weighted by atomic mass is 10.2. The third kappa shape index (κ3) is 4.71. The summed E-state index contributed by atoms with van der Waals surface area (Å²) in [5, 5.41) is 7.22. The van der Waals surface area contributed by atoms with Crippen LogP contribution in [0, 0.1) is 0 Å². The first-order chi connectivity index (χ1) is 8.09. The van der Waals surface area contributed by atoms with Gasteiger partial charge in [-0.1, -0.05) is 11.6 Å². The smallest absolute Gasteiger partial charge is 0.383 e. The first-order valence-corrected chi connectivity index (χ1v) is 6.80. The Kier molecular flexibility index (Phi) is 4.46. The molecule has 0 aliphatic rings. The van der Waals surface area contributed by atoms with E-state index in [0.717, 1.165) is 18.2 Å². The molecule has 0 spiro atoms. The molecule has 0 aliphatic carbocycles. The van der Waals surface area contributed by atoms with Crippen LogP contribution >= 0.6 is 11.6 Å². The van der Waals surface area contributed by atoms with Crippen molar-refractivity contribution in [2.75, 3.05) is 17.6 Å². The summed E-state index contributed by atoms with van der Waals surface area (Å²) in [6.07, 6.45) is -4.47. The molecule has 1 aromatic rings. The number of benzene rings is 1. The van der Waals surface area contributed by atoms with Crippen molar-refractivity contribution in [2.24, 2.45) is 5.14 Å². The number of sulfonamides is 1. The van der Waals surface area contributed by atoms with E-state index in [4.69, 9.17) is 16.7 Å². The Hall–Kier alpha value is -0.990. The van der Waals surface area contributed by atoms with Crippen LogP contribution in [0.4, 0.5) is 18.9 Å². The molecule has 3 N–H and O–H groups in total. The molecule has 0 radical (unpaired) electrons. The van der Waals surface area contributed by atoms with E-state index in [-0.39, 0.29) is 23.0 Å². The van der Waals surface area contributed by atoms with Gasteiger partial charge in [-0.25, -0.2) is 13.6 Å². The summed E-state index contributed by atoms with van der Waals surface area (Å²) in [7, 11) is -3.62. The van der Waals surface area contributed by atoms with Gasteiger partial charge in [0.15, 0.2) is 0 Å². The van der Waals surface area contributed by atoms with Gasteiger partial charge in [-0.15, -0.1) is 0 Å². The van der Waals surface area contributed by atoms with Crippen molar-refractivity contribution in [1.82, 2.24) is 0 Å². The van der Waals surface area contributed by atoms with Crippen molar-refractivity contribution in [3.63, 3.8) is 0 Å². The molecule has 0 amide bonds. The number of hydrogen-bond acceptors (Lipinski definition) is 3. The van der Waals surface area contributed by atoms with Gasteiger partial charge < -0.3 is 5.32 Å². The molecule has 9 heteroatoms. The predicted octanol–water partition coefficient (Wildman–Crippen LogP) is 2.06. The second-order valence-corrected chi connectivity index (χ2v) is 5.63. The van der Waals surface area contributed by atoms with Crippen LogP contribution in [-0.4, -0.2) is 20.7 Å². The Labute approximate surface area is 107 Å². The van der Waals surface area contributed by atoms with Crippen LogP contribution < -0.4 is 10.5 Å². The number of anilines is 1. The third-order valence-electron chi connectivity index (χ3n) is 2.00. The maximum absolute atomic E-state index is 12.3. The van der Waals surface area contributed by atoms with Crippen LogP contribution in [0.1, 0.15) is 5.56 Å². The Morgan fingerprint density at radius 1 is 1.33 bits per heavy atom. The molecule has 0 atom stereocenters. The van der Waals surface area contributed by atoms with Crippen molar-refractivity contribution >= 4 is 27.3 Å². The van der Waals surface area contributed by atoms with Gasteiger partial charge in [-0.05, 0) is 18.2 Å². The zero-order chi connectivity index (χ0) is 14.0. The minimum Gasteiger partial charge on any atom is -0.383 e. The number of halogens is 4. The number of nitrogens with one attached hydrogen (secondary N) is 1. The van der Waals surface area contributed by atoms with Crippen molar-refractivity contribution in [1.29, 1.82) is 0 Å². The van der Waals surface area contributed by atoms with Crippen molar-refractivity contribution in [2.45, 2.75) is 6.18 Å². The molecule has 1 aromatic carbocycles. The van der Waals surface area contributed by atoms with E-state index >= 15 is 0 Å². The van der Waals surface area contributed by atoms with E-state index in [1.54, 1.807) is 0 Å². The van der Waals surface area contributed by atoms with Crippen LogP contribution in [0.25, 0.3) is 0 Å². The Bertz CT molecular complexity index is 531. The molecule has 0 aromatic heterocycles. The first kappa shape index (κ1) is 15.1. The van der Waals surface area contributed by atoms with Crippen LogP contribution in [0.2, 0.25) is 5.02 Å². The van der Waals surface area contributed by atoms with Crippen LogP contribution in [0.3, 0.4) is 0 Å². The molecule has 0 aliphatic heterocycles. The van der Waals surface area contributed by atoms with Gasteiger partial charge in [0.2, 0.25) is 10.0 Å². The highest BCUT2D eigenvalue weighted by Crippen LogP contribution is 2.33. The standard InChI is InChI=1S/C9H10ClF3N2O2S/c10-7-5-6(9(11,12)13)1-2-8(7)15-3-4-18(14,16)17/h1-2,5,15H,3-4H2,(H2,14,16,17). The van der Waals surface area contributed by atoms with E-state index in [2.05, 4.69) is 5.32 Å². The average molecular weight is 303 g/mol. The number of rotatable bonds is 4. The number of primary sulfonamides is 1. The van der Waals surface area contributed by atoms with Crippen LogP contribution in [0.15, 0.2) is 18.2 Å². The molecule has 0 unspecified atom stereocenters. The minimum atomic E-state index is -4.47. The lowest BCUT2D eigenvalue weighted by molar-refractivity contribution is -0.137. The summed E-state index contributed by atoms with van der Waals surface area (Å²) in [6.45, 7) is -0.0378. The molecule has 0 bridgehead atoms. The topological polar surface area (TPSA) is 72.2 Å².